The van der Waals surface area contributed by atoms with E-state index in [0.29, 0.717) is 16.9 Å². The molecular weight excluding hydrogens is 578 g/mol. The molecule has 0 radical (unpaired) electrons. The number of hydrogen-bond donors (Lipinski definition) is 0. The Hall–Kier alpha value is -5.09. The highest BCUT2D eigenvalue weighted by molar-refractivity contribution is 7.17. The molecule has 2 aliphatic heterocycles. The van der Waals surface area contributed by atoms with E-state index in [4.69, 9.17) is 9.15 Å². The monoisotopic (exact) mass is 605 g/mol. The standard InChI is InChI=1S/C34H27N3O6S/c1-5-42-31(40)29-20(4)35-33(44-29)37-30(39)28-26(27(38)22-15-18(2)19(3)16-25(22)43-28)34(37)23-13-9-10-14-24(23)36(32(34)41)17-21-11-7-6-8-12-21/h6-16H,5,17H2,1-4H3. The molecule has 0 saturated carbocycles. The molecule has 1 unspecified atom stereocenters. The SMILES string of the molecule is CCOC(=O)c1sc(N2C(=O)c3oc4cc(C)c(C)cc4c(=O)c3C23C(=O)N(Cc2ccccc2)c2ccccc23)nc1C. The molecule has 220 valence electrons. The van der Waals surface area contributed by atoms with Crippen LogP contribution < -0.4 is 15.2 Å². The zero-order valence-corrected chi connectivity index (χ0v) is 25.3. The molecule has 3 aromatic carbocycles. The van der Waals surface area contributed by atoms with Gasteiger partial charge in [-0.2, -0.15) is 0 Å². The summed E-state index contributed by atoms with van der Waals surface area (Å²) in [6, 6.07) is 20.1. The van der Waals surface area contributed by atoms with Crippen molar-refractivity contribution >= 4 is 50.9 Å². The van der Waals surface area contributed by atoms with Gasteiger partial charge in [0.05, 0.1) is 35.5 Å². The van der Waals surface area contributed by atoms with Crippen molar-refractivity contribution in [2.45, 2.75) is 39.8 Å². The molecule has 10 heteroatoms. The fraction of sp³-hybridized carbons (Fsp3) is 0.206. The summed E-state index contributed by atoms with van der Waals surface area (Å²) in [6.07, 6.45) is 0. The Morgan fingerprint density at radius 1 is 0.977 bits per heavy atom. The van der Waals surface area contributed by atoms with Gasteiger partial charge < -0.3 is 14.1 Å². The number of nitrogens with zero attached hydrogens (tertiary/aromatic N) is 3. The minimum Gasteiger partial charge on any atom is -0.462 e. The van der Waals surface area contributed by atoms with Crippen LogP contribution >= 0.6 is 11.3 Å². The fourth-order valence-electron chi connectivity index (χ4n) is 6.20. The Morgan fingerprint density at radius 2 is 1.68 bits per heavy atom. The Kier molecular flexibility index (Phi) is 6.29. The van der Waals surface area contributed by atoms with Crippen LogP contribution in [0.2, 0.25) is 0 Å². The first-order valence-corrected chi connectivity index (χ1v) is 15.0. The first-order chi connectivity index (χ1) is 21.2. The van der Waals surface area contributed by atoms with Crippen LogP contribution in [0.5, 0.6) is 0 Å². The lowest BCUT2D eigenvalue weighted by molar-refractivity contribution is -0.121. The molecule has 2 aliphatic rings. The number of anilines is 2. The van der Waals surface area contributed by atoms with Gasteiger partial charge in [0, 0.05) is 5.56 Å². The number of aryl methyl sites for hydroxylation is 3. The fourth-order valence-corrected chi connectivity index (χ4v) is 7.22. The molecule has 0 bridgehead atoms. The number of rotatable bonds is 5. The molecule has 0 saturated heterocycles. The molecule has 5 aromatic rings. The molecule has 0 N–H and O–H groups in total. The molecule has 7 rings (SSSR count). The highest BCUT2D eigenvalue weighted by Crippen LogP contribution is 2.55. The van der Waals surface area contributed by atoms with E-state index < -0.39 is 28.8 Å². The predicted molar refractivity (Wildman–Crippen MR) is 166 cm³/mol. The van der Waals surface area contributed by atoms with Crippen LogP contribution in [-0.2, 0) is 21.6 Å². The van der Waals surface area contributed by atoms with Crippen LogP contribution in [0.15, 0.2) is 75.9 Å². The van der Waals surface area contributed by atoms with Gasteiger partial charge in [-0.3, -0.25) is 19.3 Å². The van der Waals surface area contributed by atoms with Gasteiger partial charge in [0.25, 0.3) is 11.8 Å². The summed E-state index contributed by atoms with van der Waals surface area (Å²) in [6.45, 7) is 7.49. The van der Waals surface area contributed by atoms with Crippen molar-refractivity contribution < 1.29 is 23.5 Å². The van der Waals surface area contributed by atoms with Crippen LogP contribution in [0.25, 0.3) is 11.0 Å². The molecule has 1 atom stereocenters. The number of aromatic nitrogens is 1. The van der Waals surface area contributed by atoms with Crippen molar-refractivity contribution in [2.24, 2.45) is 0 Å². The van der Waals surface area contributed by atoms with E-state index >= 15 is 4.79 Å². The molecule has 44 heavy (non-hydrogen) atoms. The van der Waals surface area contributed by atoms with E-state index in [-0.39, 0.29) is 45.5 Å². The number of ether oxygens (including phenoxy) is 1. The van der Waals surface area contributed by atoms with Gasteiger partial charge >= 0.3 is 5.97 Å². The number of thiazole rings is 1. The predicted octanol–water partition coefficient (Wildman–Crippen LogP) is 5.80. The lowest BCUT2D eigenvalue weighted by Crippen LogP contribution is -2.53. The Morgan fingerprint density at radius 3 is 2.43 bits per heavy atom. The first kappa shape index (κ1) is 27.7. The Balaban J connectivity index is 1.55. The van der Waals surface area contributed by atoms with Gasteiger partial charge in [-0.25, -0.2) is 9.78 Å². The van der Waals surface area contributed by atoms with Crippen molar-refractivity contribution in [3.05, 3.63) is 121 Å². The van der Waals surface area contributed by atoms with Crippen LogP contribution in [-0.4, -0.2) is 29.4 Å². The summed E-state index contributed by atoms with van der Waals surface area (Å²) in [5.74, 6) is -1.98. The maximum atomic E-state index is 15.1. The maximum Gasteiger partial charge on any atom is 0.350 e. The van der Waals surface area contributed by atoms with Crippen molar-refractivity contribution in [3.8, 4) is 0 Å². The van der Waals surface area contributed by atoms with Crippen molar-refractivity contribution in [1.82, 2.24) is 4.98 Å². The van der Waals surface area contributed by atoms with Crippen LogP contribution in [0.1, 0.15) is 60.7 Å². The van der Waals surface area contributed by atoms with Crippen LogP contribution in [0.4, 0.5) is 10.8 Å². The van der Waals surface area contributed by atoms with Gasteiger partial charge in [0.1, 0.15) is 10.5 Å². The molecule has 2 aromatic heterocycles. The third kappa shape index (κ3) is 3.73. The summed E-state index contributed by atoms with van der Waals surface area (Å²) in [5, 5.41) is 0.359. The summed E-state index contributed by atoms with van der Waals surface area (Å²) >= 11 is 0.942. The minimum atomic E-state index is -1.92. The zero-order valence-electron chi connectivity index (χ0n) is 24.5. The van der Waals surface area contributed by atoms with E-state index in [9.17, 15) is 14.4 Å². The number of para-hydroxylation sites is 1. The van der Waals surface area contributed by atoms with Crippen LogP contribution in [0, 0.1) is 20.8 Å². The second-order valence-electron chi connectivity index (χ2n) is 10.9. The molecule has 9 nitrogen and oxygen atoms in total. The summed E-state index contributed by atoms with van der Waals surface area (Å²) in [4.78, 5) is 64.6. The van der Waals surface area contributed by atoms with Gasteiger partial charge in [0.2, 0.25) is 5.76 Å². The van der Waals surface area contributed by atoms with E-state index in [2.05, 4.69) is 4.98 Å². The summed E-state index contributed by atoms with van der Waals surface area (Å²) in [5.41, 5.74) is 1.81. The normalized spacial score (nSPS) is 17.1. The molecular formula is C34H27N3O6S. The highest BCUT2D eigenvalue weighted by Gasteiger charge is 2.66. The summed E-state index contributed by atoms with van der Waals surface area (Å²) in [7, 11) is 0. The average molecular weight is 606 g/mol. The van der Waals surface area contributed by atoms with Gasteiger partial charge in [-0.05, 0) is 62.6 Å². The number of esters is 1. The number of benzene rings is 3. The minimum absolute atomic E-state index is 0.0585. The smallest absolute Gasteiger partial charge is 0.350 e. The van der Waals surface area contributed by atoms with Gasteiger partial charge in [-0.15, -0.1) is 0 Å². The zero-order chi connectivity index (χ0) is 30.9. The Bertz CT molecular complexity index is 2100. The lowest BCUT2D eigenvalue weighted by atomic mass is 9.84. The number of hydrogen-bond acceptors (Lipinski definition) is 8. The summed E-state index contributed by atoms with van der Waals surface area (Å²) < 4.78 is 11.5. The first-order valence-electron chi connectivity index (χ1n) is 14.2. The third-order valence-corrected chi connectivity index (χ3v) is 9.48. The van der Waals surface area contributed by atoms with E-state index in [0.717, 1.165) is 28.0 Å². The molecule has 1 spiro atoms. The maximum absolute atomic E-state index is 15.1. The lowest BCUT2D eigenvalue weighted by Gasteiger charge is -2.32. The van der Waals surface area contributed by atoms with Crippen molar-refractivity contribution in [3.63, 3.8) is 0 Å². The van der Waals surface area contributed by atoms with Crippen LogP contribution in [0.3, 0.4) is 0 Å². The number of amides is 2. The molecule has 0 aliphatic carbocycles. The average Bonchev–Trinajstić information content (AvgIpc) is 3.60. The number of carbonyl (C=O) groups is 3. The molecule has 4 heterocycles. The topological polar surface area (TPSA) is 110 Å². The largest absolute Gasteiger partial charge is 0.462 e. The quantitative estimate of drug-likeness (QED) is 0.233. The van der Waals surface area contributed by atoms with E-state index in [1.54, 1.807) is 49.1 Å². The second-order valence-corrected chi connectivity index (χ2v) is 11.9. The van der Waals surface area contributed by atoms with Crippen molar-refractivity contribution in [2.75, 3.05) is 16.4 Å². The Labute approximate surface area is 256 Å². The van der Waals surface area contributed by atoms with Gasteiger partial charge in [-0.1, -0.05) is 59.9 Å². The van der Waals surface area contributed by atoms with Crippen molar-refractivity contribution in [1.29, 1.82) is 0 Å². The van der Waals surface area contributed by atoms with E-state index in [1.807, 2.05) is 50.2 Å². The molecule has 2 amide bonds. The second kappa shape index (κ2) is 9.99. The number of fused-ring (bicyclic) bond motifs is 5. The molecule has 0 fully saturated rings. The van der Waals surface area contributed by atoms with E-state index in [1.165, 1.54) is 4.90 Å². The third-order valence-electron chi connectivity index (χ3n) is 8.36. The number of carbonyl (C=O) groups excluding carboxylic acids is 3. The highest BCUT2D eigenvalue weighted by atomic mass is 32.1. The van der Waals surface area contributed by atoms with Gasteiger partial charge in [0.15, 0.2) is 16.1 Å².